The molecule has 1 aromatic carbocycles. The quantitative estimate of drug-likeness (QED) is 0.933. The zero-order valence-corrected chi connectivity index (χ0v) is 11.6. The Bertz CT molecular complexity index is 517. The molecule has 7 heteroatoms. The summed E-state index contributed by atoms with van der Waals surface area (Å²) in [6.07, 6.45) is -3.96. The summed E-state index contributed by atoms with van der Waals surface area (Å²) in [4.78, 5) is 13.9. The molecule has 0 aliphatic carbocycles. The second-order valence-corrected chi connectivity index (χ2v) is 5.23. The van der Waals surface area contributed by atoms with E-state index in [1.54, 1.807) is 4.90 Å². The van der Waals surface area contributed by atoms with Crippen LogP contribution in [0.5, 0.6) is 5.75 Å². The lowest BCUT2D eigenvalue weighted by Crippen LogP contribution is -2.33. The number of rotatable bonds is 3. The molecule has 2 atom stereocenters. The number of carbonyl (C=O) groups excluding carboxylic acids is 1. The molecular formula is C14H17F3N2O2. The van der Waals surface area contributed by atoms with Crippen LogP contribution in [0.2, 0.25) is 0 Å². The Morgan fingerprint density at radius 2 is 2.19 bits per heavy atom. The van der Waals surface area contributed by atoms with E-state index in [1.165, 1.54) is 18.2 Å². The third kappa shape index (κ3) is 4.10. The van der Waals surface area contributed by atoms with Crippen LogP contribution in [0.15, 0.2) is 24.3 Å². The van der Waals surface area contributed by atoms with Gasteiger partial charge >= 0.3 is 6.36 Å². The predicted molar refractivity (Wildman–Crippen MR) is 70.8 cm³/mol. The van der Waals surface area contributed by atoms with Crippen LogP contribution in [0.25, 0.3) is 0 Å². The van der Waals surface area contributed by atoms with Crippen molar-refractivity contribution in [3.05, 3.63) is 29.8 Å². The third-order valence-corrected chi connectivity index (χ3v) is 3.57. The van der Waals surface area contributed by atoms with Crippen LogP contribution in [-0.2, 0) is 0 Å². The lowest BCUT2D eigenvalue weighted by Gasteiger charge is -2.18. The van der Waals surface area contributed by atoms with E-state index in [9.17, 15) is 18.0 Å². The van der Waals surface area contributed by atoms with Crippen molar-refractivity contribution < 1.29 is 22.7 Å². The summed E-state index contributed by atoms with van der Waals surface area (Å²) < 4.78 is 40.4. The zero-order chi connectivity index (χ0) is 15.6. The van der Waals surface area contributed by atoms with E-state index in [-0.39, 0.29) is 23.4 Å². The van der Waals surface area contributed by atoms with Crippen molar-refractivity contribution in [3.8, 4) is 5.75 Å². The summed E-state index contributed by atoms with van der Waals surface area (Å²) in [5, 5.41) is 0. The summed E-state index contributed by atoms with van der Waals surface area (Å²) in [5.41, 5.74) is 5.99. The molecule has 1 saturated heterocycles. The SMILES string of the molecule is CC(N)C1CCN(C(=O)c2cccc(OC(F)(F)F)c2)C1. The first-order valence-corrected chi connectivity index (χ1v) is 6.67. The third-order valence-electron chi connectivity index (χ3n) is 3.57. The minimum Gasteiger partial charge on any atom is -0.406 e. The summed E-state index contributed by atoms with van der Waals surface area (Å²) in [5.74, 6) is -0.467. The van der Waals surface area contributed by atoms with Crippen LogP contribution in [0.3, 0.4) is 0 Å². The monoisotopic (exact) mass is 302 g/mol. The highest BCUT2D eigenvalue weighted by molar-refractivity contribution is 5.94. The average molecular weight is 302 g/mol. The Kier molecular flexibility index (Phi) is 4.41. The largest absolute Gasteiger partial charge is 0.573 e. The lowest BCUT2D eigenvalue weighted by molar-refractivity contribution is -0.274. The normalized spacial score (nSPS) is 20.4. The number of ether oxygens (including phenoxy) is 1. The maximum Gasteiger partial charge on any atom is 0.573 e. The first-order chi connectivity index (χ1) is 9.76. The van der Waals surface area contributed by atoms with Gasteiger partial charge in [-0.3, -0.25) is 4.79 Å². The van der Waals surface area contributed by atoms with Crippen LogP contribution >= 0.6 is 0 Å². The van der Waals surface area contributed by atoms with Gasteiger partial charge in [-0.1, -0.05) is 6.07 Å². The molecule has 0 saturated carbocycles. The molecule has 1 fully saturated rings. The fraction of sp³-hybridized carbons (Fsp3) is 0.500. The van der Waals surface area contributed by atoms with E-state index in [1.807, 2.05) is 6.92 Å². The van der Waals surface area contributed by atoms with E-state index in [2.05, 4.69) is 4.74 Å². The van der Waals surface area contributed by atoms with E-state index in [0.29, 0.717) is 13.1 Å². The molecule has 1 aliphatic heterocycles. The lowest BCUT2D eigenvalue weighted by atomic mass is 10.0. The maximum atomic E-state index is 12.3. The van der Waals surface area contributed by atoms with Gasteiger partial charge in [-0.05, 0) is 37.5 Å². The molecular weight excluding hydrogens is 285 g/mol. The second kappa shape index (κ2) is 5.93. The molecule has 2 N–H and O–H groups in total. The number of hydrogen-bond donors (Lipinski definition) is 1. The summed E-state index contributed by atoms with van der Waals surface area (Å²) in [7, 11) is 0. The number of amides is 1. The molecule has 1 amide bonds. The van der Waals surface area contributed by atoms with Gasteiger partial charge in [0.15, 0.2) is 0 Å². The van der Waals surface area contributed by atoms with Gasteiger partial charge in [-0.2, -0.15) is 0 Å². The van der Waals surface area contributed by atoms with Crippen molar-refractivity contribution >= 4 is 5.91 Å². The Labute approximate surface area is 120 Å². The van der Waals surface area contributed by atoms with Gasteiger partial charge in [0.2, 0.25) is 0 Å². The van der Waals surface area contributed by atoms with Crippen LogP contribution in [0, 0.1) is 5.92 Å². The summed E-state index contributed by atoms with van der Waals surface area (Å²) in [6.45, 7) is 2.98. The smallest absolute Gasteiger partial charge is 0.406 e. The van der Waals surface area contributed by atoms with Gasteiger partial charge in [0.1, 0.15) is 5.75 Å². The van der Waals surface area contributed by atoms with E-state index >= 15 is 0 Å². The van der Waals surface area contributed by atoms with Crippen LogP contribution < -0.4 is 10.5 Å². The molecule has 1 aliphatic rings. The molecule has 2 unspecified atom stereocenters. The zero-order valence-electron chi connectivity index (χ0n) is 11.6. The fourth-order valence-electron chi connectivity index (χ4n) is 2.41. The van der Waals surface area contributed by atoms with E-state index in [0.717, 1.165) is 12.5 Å². The molecule has 0 aromatic heterocycles. The number of halogens is 3. The molecule has 2 rings (SSSR count). The minimum atomic E-state index is -4.77. The standard InChI is InChI=1S/C14H17F3N2O2/c1-9(18)11-5-6-19(8-11)13(20)10-3-2-4-12(7-10)21-14(15,16)17/h2-4,7,9,11H,5-6,8,18H2,1H3. The molecule has 0 bridgehead atoms. The average Bonchev–Trinajstić information content (AvgIpc) is 2.85. The Balaban J connectivity index is 2.08. The number of nitrogens with zero attached hydrogens (tertiary/aromatic N) is 1. The highest BCUT2D eigenvalue weighted by Crippen LogP contribution is 2.25. The summed E-state index contributed by atoms with van der Waals surface area (Å²) >= 11 is 0. The Hall–Kier alpha value is -1.76. The maximum absolute atomic E-state index is 12.3. The van der Waals surface area contributed by atoms with E-state index < -0.39 is 12.1 Å². The highest BCUT2D eigenvalue weighted by Gasteiger charge is 2.32. The topological polar surface area (TPSA) is 55.6 Å². The molecule has 116 valence electrons. The fourth-order valence-corrected chi connectivity index (χ4v) is 2.41. The number of carbonyl (C=O) groups is 1. The number of nitrogens with two attached hydrogens (primary N) is 1. The Morgan fingerprint density at radius 3 is 2.76 bits per heavy atom. The van der Waals surface area contributed by atoms with Crippen molar-refractivity contribution in [2.45, 2.75) is 25.7 Å². The molecule has 0 radical (unpaired) electrons. The number of likely N-dealkylation sites (tertiary alicyclic amines) is 1. The highest BCUT2D eigenvalue weighted by atomic mass is 19.4. The first kappa shape index (κ1) is 15.6. The van der Waals surface area contributed by atoms with E-state index in [4.69, 9.17) is 5.73 Å². The van der Waals surface area contributed by atoms with Gasteiger partial charge in [0.25, 0.3) is 5.91 Å². The number of benzene rings is 1. The molecule has 1 aromatic rings. The number of alkyl halides is 3. The molecule has 4 nitrogen and oxygen atoms in total. The van der Waals surface area contributed by atoms with Gasteiger partial charge in [0, 0.05) is 24.7 Å². The number of hydrogen-bond acceptors (Lipinski definition) is 3. The second-order valence-electron chi connectivity index (χ2n) is 5.23. The van der Waals surface area contributed by atoms with Crippen LogP contribution in [-0.4, -0.2) is 36.3 Å². The molecule has 0 spiro atoms. The molecule has 21 heavy (non-hydrogen) atoms. The van der Waals surface area contributed by atoms with Crippen molar-refractivity contribution in [1.29, 1.82) is 0 Å². The summed E-state index contributed by atoms with van der Waals surface area (Å²) in [6, 6.07) is 5.11. The van der Waals surface area contributed by atoms with Crippen molar-refractivity contribution in [1.82, 2.24) is 4.90 Å². The first-order valence-electron chi connectivity index (χ1n) is 6.67. The van der Waals surface area contributed by atoms with Crippen molar-refractivity contribution in [2.24, 2.45) is 11.7 Å². The van der Waals surface area contributed by atoms with Crippen molar-refractivity contribution in [2.75, 3.05) is 13.1 Å². The predicted octanol–water partition coefficient (Wildman–Crippen LogP) is 2.39. The van der Waals surface area contributed by atoms with Crippen LogP contribution in [0.1, 0.15) is 23.7 Å². The van der Waals surface area contributed by atoms with Crippen LogP contribution in [0.4, 0.5) is 13.2 Å². The minimum absolute atomic E-state index is 0.0114. The Morgan fingerprint density at radius 1 is 1.48 bits per heavy atom. The van der Waals surface area contributed by atoms with Crippen molar-refractivity contribution in [3.63, 3.8) is 0 Å². The molecule has 1 heterocycles. The van der Waals surface area contributed by atoms with Gasteiger partial charge in [0.05, 0.1) is 0 Å². The van der Waals surface area contributed by atoms with Gasteiger partial charge in [-0.25, -0.2) is 0 Å². The van der Waals surface area contributed by atoms with Gasteiger partial charge in [-0.15, -0.1) is 13.2 Å². The van der Waals surface area contributed by atoms with Gasteiger partial charge < -0.3 is 15.4 Å².